The molecule has 0 radical (unpaired) electrons. The maximum absolute atomic E-state index is 12.8. The molecule has 4 heteroatoms. The minimum atomic E-state index is -0.269. The van der Waals surface area contributed by atoms with Gasteiger partial charge in [0.05, 0.1) is 0 Å². The fraction of sp³-hybridized carbons (Fsp3) is 0.731. The summed E-state index contributed by atoms with van der Waals surface area (Å²) in [4.78, 5) is 29.3. The molecule has 0 unspecified atom stereocenters. The number of aromatic nitrogens is 1. The standard InChI is InChI=1S/C26H35NO3/c1-16-5-4-6-22(27-16)24(29)30-23-10-9-20-19-8-7-17-15-18(28)11-13-25(17,2)21(19)12-14-26(20,23)3/h4-6,17,19-21,23H,7-15H2,1-3H3/t17-,19-,20-,21-,23-,25-,26-/m0/s1. The van der Waals surface area contributed by atoms with Gasteiger partial charge in [0, 0.05) is 24.0 Å². The molecule has 0 aromatic carbocycles. The molecule has 1 heterocycles. The highest BCUT2D eigenvalue weighted by Gasteiger charge is 2.61. The second-order valence-corrected chi connectivity index (χ2v) is 11.1. The minimum absolute atomic E-state index is 0.00303. The normalized spacial score (nSPS) is 42.8. The topological polar surface area (TPSA) is 56.3 Å². The minimum Gasteiger partial charge on any atom is -0.457 e. The highest BCUT2D eigenvalue weighted by Crippen LogP contribution is 2.66. The predicted octanol–water partition coefficient (Wildman–Crippen LogP) is 5.53. The molecule has 1 aromatic heterocycles. The van der Waals surface area contributed by atoms with Gasteiger partial charge in [-0.15, -0.1) is 0 Å². The predicted molar refractivity (Wildman–Crippen MR) is 115 cm³/mol. The first-order valence-corrected chi connectivity index (χ1v) is 12.0. The zero-order chi connectivity index (χ0) is 21.1. The van der Waals surface area contributed by atoms with Gasteiger partial charge in [-0.25, -0.2) is 9.78 Å². The summed E-state index contributed by atoms with van der Waals surface area (Å²) < 4.78 is 6.10. The van der Waals surface area contributed by atoms with Crippen LogP contribution in [-0.2, 0) is 9.53 Å². The van der Waals surface area contributed by atoms with Crippen LogP contribution < -0.4 is 0 Å². The van der Waals surface area contributed by atoms with Crippen LogP contribution in [0.1, 0.15) is 87.8 Å². The smallest absolute Gasteiger partial charge is 0.357 e. The van der Waals surface area contributed by atoms with Gasteiger partial charge in [0.25, 0.3) is 0 Å². The lowest BCUT2D eigenvalue weighted by molar-refractivity contribution is -0.142. The van der Waals surface area contributed by atoms with E-state index in [1.165, 1.54) is 19.3 Å². The van der Waals surface area contributed by atoms with E-state index in [1.54, 1.807) is 6.07 Å². The van der Waals surface area contributed by atoms with Crippen LogP contribution in [0.3, 0.4) is 0 Å². The van der Waals surface area contributed by atoms with E-state index >= 15 is 0 Å². The SMILES string of the molecule is Cc1cccc(C(=O)O[C@H]2CC[C@H]3[C@@H]4CC[C@H]5CC(=O)CC[C@]5(C)[C@H]4CC[C@]23C)n1. The van der Waals surface area contributed by atoms with Crippen LogP contribution in [0.25, 0.3) is 0 Å². The second-order valence-electron chi connectivity index (χ2n) is 11.1. The number of carbonyl (C=O) groups excluding carboxylic acids is 2. The Morgan fingerprint density at radius 3 is 2.63 bits per heavy atom. The number of esters is 1. The van der Waals surface area contributed by atoms with E-state index in [2.05, 4.69) is 18.8 Å². The molecule has 4 aliphatic rings. The number of nitrogens with zero attached hydrogens (tertiary/aromatic N) is 1. The maximum atomic E-state index is 12.8. The number of hydrogen-bond acceptors (Lipinski definition) is 4. The Bertz CT molecular complexity index is 866. The van der Waals surface area contributed by atoms with E-state index in [0.717, 1.165) is 56.1 Å². The van der Waals surface area contributed by atoms with Gasteiger partial charge in [-0.05, 0) is 93.1 Å². The number of carbonyl (C=O) groups is 2. The van der Waals surface area contributed by atoms with Crippen molar-refractivity contribution < 1.29 is 14.3 Å². The van der Waals surface area contributed by atoms with Crippen molar-refractivity contribution in [3.63, 3.8) is 0 Å². The molecule has 0 aliphatic heterocycles. The summed E-state index contributed by atoms with van der Waals surface area (Å²) in [6.07, 6.45) is 9.61. The number of aryl methyl sites for hydroxylation is 1. The Hall–Kier alpha value is -1.71. The third-order valence-corrected chi connectivity index (χ3v) is 9.74. The van der Waals surface area contributed by atoms with Crippen LogP contribution in [0.15, 0.2) is 18.2 Å². The van der Waals surface area contributed by atoms with E-state index in [-0.39, 0.29) is 17.5 Å². The van der Waals surface area contributed by atoms with E-state index in [0.29, 0.717) is 28.7 Å². The average molecular weight is 410 g/mol. The lowest BCUT2D eigenvalue weighted by Gasteiger charge is -2.60. The van der Waals surface area contributed by atoms with Gasteiger partial charge in [-0.2, -0.15) is 0 Å². The van der Waals surface area contributed by atoms with E-state index in [1.807, 2.05) is 19.1 Å². The number of Topliss-reactive ketones (excluding diaryl/α,β-unsaturated/α-hetero) is 1. The summed E-state index contributed by atoms with van der Waals surface area (Å²) in [5.74, 6) is 2.89. The molecule has 4 fully saturated rings. The molecular weight excluding hydrogens is 374 g/mol. The zero-order valence-corrected chi connectivity index (χ0v) is 18.7. The molecular formula is C26H35NO3. The van der Waals surface area contributed by atoms with Crippen LogP contribution in [0, 0.1) is 41.4 Å². The fourth-order valence-corrected chi connectivity index (χ4v) is 8.04. The highest BCUT2D eigenvalue weighted by atomic mass is 16.5. The van der Waals surface area contributed by atoms with E-state index < -0.39 is 0 Å². The Kier molecular flexibility index (Phi) is 4.83. The first-order chi connectivity index (χ1) is 14.3. The van der Waals surface area contributed by atoms with Crippen molar-refractivity contribution in [1.82, 2.24) is 4.98 Å². The molecule has 162 valence electrons. The lowest BCUT2D eigenvalue weighted by atomic mass is 9.45. The highest BCUT2D eigenvalue weighted by molar-refractivity contribution is 5.87. The Morgan fingerprint density at radius 2 is 1.83 bits per heavy atom. The summed E-state index contributed by atoms with van der Waals surface area (Å²) in [5, 5.41) is 0. The molecule has 4 aliphatic carbocycles. The van der Waals surface area contributed by atoms with Crippen LogP contribution in [0.5, 0.6) is 0 Å². The van der Waals surface area contributed by atoms with Gasteiger partial charge < -0.3 is 4.74 Å². The molecule has 1 aromatic rings. The zero-order valence-electron chi connectivity index (χ0n) is 18.7. The number of rotatable bonds is 2. The molecule has 30 heavy (non-hydrogen) atoms. The molecule has 0 amide bonds. The molecule has 7 atom stereocenters. The van der Waals surface area contributed by atoms with Crippen molar-refractivity contribution >= 4 is 11.8 Å². The van der Waals surface area contributed by atoms with Crippen LogP contribution in [0.4, 0.5) is 0 Å². The Morgan fingerprint density at radius 1 is 1.03 bits per heavy atom. The quantitative estimate of drug-likeness (QED) is 0.603. The van der Waals surface area contributed by atoms with Gasteiger partial charge in [-0.3, -0.25) is 4.79 Å². The van der Waals surface area contributed by atoms with Gasteiger partial charge in [-0.1, -0.05) is 19.9 Å². The van der Waals surface area contributed by atoms with E-state index in [9.17, 15) is 9.59 Å². The molecule has 0 N–H and O–H groups in total. The summed E-state index contributed by atoms with van der Waals surface area (Å²) in [7, 11) is 0. The van der Waals surface area contributed by atoms with E-state index in [4.69, 9.17) is 4.74 Å². The molecule has 4 nitrogen and oxygen atoms in total. The molecule has 5 rings (SSSR count). The number of ether oxygens (including phenoxy) is 1. The number of pyridine rings is 1. The fourth-order valence-electron chi connectivity index (χ4n) is 8.04. The largest absolute Gasteiger partial charge is 0.457 e. The van der Waals surface area contributed by atoms with Crippen molar-refractivity contribution in [2.24, 2.45) is 34.5 Å². The van der Waals surface area contributed by atoms with Crippen molar-refractivity contribution in [3.8, 4) is 0 Å². The van der Waals surface area contributed by atoms with Crippen molar-refractivity contribution in [2.45, 2.75) is 84.7 Å². The number of ketones is 1. The first kappa shape index (κ1) is 20.2. The third kappa shape index (κ3) is 3.05. The second kappa shape index (κ2) is 7.17. The maximum Gasteiger partial charge on any atom is 0.357 e. The first-order valence-electron chi connectivity index (χ1n) is 12.0. The Labute approximate surface area is 180 Å². The van der Waals surface area contributed by atoms with Crippen molar-refractivity contribution in [2.75, 3.05) is 0 Å². The number of fused-ring (bicyclic) bond motifs is 5. The summed E-state index contributed by atoms with van der Waals surface area (Å²) >= 11 is 0. The summed E-state index contributed by atoms with van der Waals surface area (Å²) in [5.41, 5.74) is 1.68. The lowest BCUT2D eigenvalue weighted by Crippen LogP contribution is -2.54. The summed E-state index contributed by atoms with van der Waals surface area (Å²) in [6, 6.07) is 5.53. The number of hydrogen-bond donors (Lipinski definition) is 0. The molecule has 0 spiro atoms. The van der Waals surface area contributed by atoms with Crippen LogP contribution in [0.2, 0.25) is 0 Å². The molecule has 0 saturated heterocycles. The Balaban J connectivity index is 1.34. The molecule has 0 bridgehead atoms. The monoisotopic (exact) mass is 409 g/mol. The van der Waals surface area contributed by atoms with Gasteiger partial charge in [0.1, 0.15) is 17.6 Å². The van der Waals surface area contributed by atoms with Gasteiger partial charge in [0.15, 0.2) is 0 Å². The van der Waals surface area contributed by atoms with Crippen molar-refractivity contribution in [3.05, 3.63) is 29.6 Å². The van der Waals surface area contributed by atoms with Crippen molar-refractivity contribution in [1.29, 1.82) is 0 Å². The average Bonchev–Trinajstić information content (AvgIpc) is 3.05. The summed E-state index contributed by atoms with van der Waals surface area (Å²) in [6.45, 7) is 6.77. The van der Waals surface area contributed by atoms with Gasteiger partial charge >= 0.3 is 5.97 Å². The molecule has 4 saturated carbocycles. The van der Waals surface area contributed by atoms with Crippen LogP contribution >= 0.6 is 0 Å². The van der Waals surface area contributed by atoms with Crippen LogP contribution in [-0.4, -0.2) is 22.8 Å². The third-order valence-electron chi connectivity index (χ3n) is 9.74. The van der Waals surface area contributed by atoms with Gasteiger partial charge in [0.2, 0.25) is 0 Å².